The Morgan fingerprint density at radius 1 is 1.12 bits per heavy atom. The fraction of sp³-hybridized carbons (Fsp3) is 0.375. The fourth-order valence-electron chi connectivity index (χ4n) is 2.73. The Balaban J connectivity index is 1.71. The molecule has 0 aliphatic carbocycles. The van der Waals surface area contributed by atoms with Gasteiger partial charge in [-0.05, 0) is 49.5 Å². The van der Waals surface area contributed by atoms with Crippen molar-refractivity contribution < 1.29 is 13.2 Å². The number of benzene rings is 1. The van der Waals surface area contributed by atoms with Gasteiger partial charge < -0.3 is 10.6 Å². The first-order valence-electron chi connectivity index (χ1n) is 7.61. The third kappa shape index (κ3) is 3.96. The smallest absolute Gasteiger partial charge is 0.324 e. The molecule has 2 heterocycles. The molecule has 3 rings (SSSR count). The summed E-state index contributed by atoms with van der Waals surface area (Å²) in [4.78, 5) is 7.34. The van der Waals surface area contributed by atoms with E-state index >= 15 is 0 Å². The minimum Gasteiger partial charge on any atom is -0.324 e. The van der Waals surface area contributed by atoms with Gasteiger partial charge in [0, 0.05) is 11.9 Å². The van der Waals surface area contributed by atoms with Crippen LogP contribution < -0.4 is 10.6 Å². The molecule has 128 valence electrons. The molecule has 0 amide bonds. The topological polar surface area (TPSA) is 49.8 Å². The number of aromatic nitrogens is 2. The molecule has 1 aromatic carbocycles. The summed E-state index contributed by atoms with van der Waals surface area (Å²) in [7, 11) is 0. The second-order valence-corrected chi connectivity index (χ2v) is 6.03. The molecular formula is C16H16ClF3N4. The van der Waals surface area contributed by atoms with E-state index in [4.69, 9.17) is 11.6 Å². The summed E-state index contributed by atoms with van der Waals surface area (Å²) in [5.41, 5.74) is 0.910. The van der Waals surface area contributed by atoms with Gasteiger partial charge in [-0.1, -0.05) is 23.7 Å². The molecule has 24 heavy (non-hydrogen) atoms. The molecule has 0 spiro atoms. The summed E-state index contributed by atoms with van der Waals surface area (Å²) in [5, 5.41) is 5.58. The molecule has 2 aromatic rings. The Hall–Kier alpha value is -1.86. The Labute approximate surface area is 142 Å². The average Bonchev–Trinajstić information content (AvgIpc) is 2.55. The first-order chi connectivity index (χ1) is 11.4. The molecule has 0 saturated carbocycles. The SMILES string of the molecule is FC(F)(F)c1cnc(Nc2ccc(C3CCNCC3)cc2)nc1Cl. The minimum absolute atomic E-state index is 0.0302. The zero-order chi connectivity index (χ0) is 17.2. The summed E-state index contributed by atoms with van der Waals surface area (Å²) < 4.78 is 37.9. The van der Waals surface area contributed by atoms with Crippen LogP contribution in [0, 0.1) is 0 Å². The van der Waals surface area contributed by atoms with Crippen LogP contribution in [0.15, 0.2) is 30.5 Å². The summed E-state index contributed by atoms with van der Waals surface area (Å²) in [5.74, 6) is 0.569. The zero-order valence-electron chi connectivity index (χ0n) is 12.7. The van der Waals surface area contributed by atoms with Crippen LogP contribution in [0.3, 0.4) is 0 Å². The predicted molar refractivity (Wildman–Crippen MR) is 86.6 cm³/mol. The highest BCUT2D eigenvalue weighted by Crippen LogP contribution is 2.33. The van der Waals surface area contributed by atoms with Gasteiger partial charge in [0.1, 0.15) is 10.7 Å². The van der Waals surface area contributed by atoms with Gasteiger partial charge in [0.2, 0.25) is 5.95 Å². The van der Waals surface area contributed by atoms with Gasteiger partial charge >= 0.3 is 6.18 Å². The molecule has 1 fully saturated rings. The summed E-state index contributed by atoms with van der Waals surface area (Å²) in [6, 6.07) is 7.77. The molecule has 1 aliphatic heterocycles. The molecule has 8 heteroatoms. The summed E-state index contributed by atoms with van der Waals surface area (Å²) in [6.45, 7) is 2.03. The Kier molecular flexibility index (Phi) is 4.91. The number of anilines is 2. The van der Waals surface area contributed by atoms with Crippen LogP contribution in [0.4, 0.5) is 24.8 Å². The number of hydrogen-bond acceptors (Lipinski definition) is 4. The van der Waals surface area contributed by atoms with Crippen molar-refractivity contribution in [2.75, 3.05) is 18.4 Å². The van der Waals surface area contributed by atoms with Crippen molar-refractivity contribution >= 4 is 23.2 Å². The minimum atomic E-state index is -4.56. The summed E-state index contributed by atoms with van der Waals surface area (Å²) in [6.07, 6.45) is -1.68. The van der Waals surface area contributed by atoms with E-state index in [1.165, 1.54) is 5.56 Å². The predicted octanol–water partition coefficient (Wildman–Crippen LogP) is 4.36. The van der Waals surface area contributed by atoms with Crippen LogP contribution in [0.5, 0.6) is 0 Å². The lowest BCUT2D eigenvalue weighted by atomic mass is 9.90. The van der Waals surface area contributed by atoms with Crippen molar-refractivity contribution in [3.63, 3.8) is 0 Å². The van der Waals surface area contributed by atoms with E-state index in [2.05, 4.69) is 20.6 Å². The lowest BCUT2D eigenvalue weighted by Gasteiger charge is -2.23. The van der Waals surface area contributed by atoms with Gasteiger partial charge in [-0.2, -0.15) is 13.2 Å². The molecular weight excluding hydrogens is 341 g/mol. The molecule has 1 saturated heterocycles. The highest BCUT2D eigenvalue weighted by Gasteiger charge is 2.34. The maximum atomic E-state index is 12.6. The first-order valence-corrected chi connectivity index (χ1v) is 7.99. The Bertz CT molecular complexity index is 697. The molecule has 4 nitrogen and oxygen atoms in total. The van der Waals surface area contributed by atoms with Gasteiger partial charge in [0.25, 0.3) is 0 Å². The van der Waals surface area contributed by atoms with Crippen molar-refractivity contribution in [1.29, 1.82) is 0 Å². The quantitative estimate of drug-likeness (QED) is 0.802. The number of hydrogen-bond donors (Lipinski definition) is 2. The van der Waals surface area contributed by atoms with Gasteiger partial charge in [-0.25, -0.2) is 9.97 Å². The van der Waals surface area contributed by atoms with Gasteiger partial charge in [-0.3, -0.25) is 0 Å². The average molecular weight is 357 g/mol. The number of nitrogens with zero attached hydrogens (tertiary/aromatic N) is 2. The fourth-order valence-corrected chi connectivity index (χ4v) is 2.97. The van der Waals surface area contributed by atoms with Crippen LogP contribution >= 0.6 is 11.6 Å². The summed E-state index contributed by atoms with van der Waals surface area (Å²) >= 11 is 5.59. The van der Waals surface area contributed by atoms with Crippen LogP contribution in [0.1, 0.15) is 29.9 Å². The van der Waals surface area contributed by atoms with Gasteiger partial charge in [0.05, 0.1) is 0 Å². The van der Waals surface area contributed by atoms with Gasteiger partial charge in [-0.15, -0.1) is 0 Å². The number of nitrogens with one attached hydrogen (secondary N) is 2. The molecule has 1 aromatic heterocycles. The standard InChI is InChI=1S/C16H16ClF3N4/c17-14-13(16(18,19)20)9-22-15(24-14)23-12-3-1-10(2-4-12)11-5-7-21-8-6-11/h1-4,9,11,21H,5-8H2,(H,22,23,24). The number of alkyl halides is 3. The van der Waals surface area contributed by atoms with E-state index in [9.17, 15) is 13.2 Å². The Morgan fingerprint density at radius 2 is 1.79 bits per heavy atom. The van der Waals surface area contributed by atoms with E-state index in [1.54, 1.807) is 0 Å². The van der Waals surface area contributed by atoms with Crippen molar-refractivity contribution in [2.45, 2.75) is 24.9 Å². The van der Waals surface area contributed by atoms with Crippen LogP contribution in [-0.2, 0) is 6.18 Å². The van der Waals surface area contributed by atoms with E-state index < -0.39 is 16.9 Å². The van der Waals surface area contributed by atoms with Crippen LogP contribution in [-0.4, -0.2) is 23.1 Å². The van der Waals surface area contributed by atoms with Gasteiger partial charge in [0.15, 0.2) is 0 Å². The molecule has 2 N–H and O–H groups in total. The van der Waals surface area contributed by atoms with E-state index in [0.717, 1.165) is 25.9 Å². The third-order valence-corrected chi connectivity index (χ3v) is 4.31. The van der Waals surface area contributed by atoms with Crippen molar-refractivity contribution in [1.82, 2.24) is 15.3 Å². The molecule has 1 aliphatic rings. The first kappa shape index (κ1) is 17.0. The third-order valence-electron chi connectivity index (χ3n) is 4.03. The molecule has 0 radical (unpaired) electrons. The largest absolute Gasteiger partial charge is 0.420 e. The monoisotopic (exact) mass is 356 g/mol. The van der Waals surface area contributed by atoms with E-state index in [1.807, 2.05) is 24.3 Å². The highest BCUT2D eigenvalue weighted by atomic mass is 35.5. The molecule has 0 bridgehead atoms. The second-order valence-electron chi connectivity index (χ2n) is 5.67. The van der Waals surface area contributed by atoms with Crippen LogP contribution in [0.25, 0.3) is 0 Å². The van der Waals surface area contributed by atoms with E-state index in [-0.39, 0.29) is 5.95 Å². The van der Waals surface area contributed by atoms with Crippen molar-refractivity contribution in [3.05, 3.63) is 46.7 Å². The maximum absolute atomic E-state index is 12.6. The van der Waals surface area contributed by atoms with Crippen molar-refractivity contribution in [2.24, 2.45) is 0 Å². The zero-order valence-corrected chi connectivity index (χ0v) is 13.5. The normalized spacial score (nSPS) is 16.2. The highest BCUT2D eigenvalue weighted by molar-refractivity contribution is 6.30. The Morgan fingerprint density at radius 3 is 2.38 bits per heavy atom. The number of rotatable bonds is 3. The second kappa shape index (κ2) is 6.94. The van der Waals surface area contributed by atoms with E-state index in [0.29, 0.717) is 17.8 Å². The lowest BCUT2D eigenvalue weighted by Crippen LogP contribution is -2.26. The molecule has 0 unspecified atom stereocenters. The number of piperidine rings is 1. The molecule has 0 atom stereocenters. The maximum Gasteiger partial charge on any atom is 0.420 e. The van der Waals surface area contributed by atoms with Crippen molar-refractivity contribution in [3.8, 4) is 0 Å². The van der Waals surface area contributed by atoms with Crippen LogP contribution in [0.2, 0.25) is 5.15 Å². The number of halogens is 4. The lowest BCUT2D eigenvalue weighted by molar-refractivity contribution is -0.137.